The monoisotopic (exact) mass is 275 g/mol. The summed E-state index contributed by atoms with van der Waals surface area (Å²) < 4.78 is 0. The SMILES string of the molecule is O=C1C=C(C=NCCCO)C(=O)c2c(O)ccc(O)c21. The van der Waals surface area contributed by atoms with Gasteiger partial charge in [0.05, 0.1) is 11.1 Å². The summed E-state index contributed by atoms with van der Waals surface area (Å²) in [6.07, 6.45) is 2.77. The molecule has 6 heteroatoms. The zero-order valence-corrected chi connectivity index (χ0v) is 10.5. The van der Waals surface area contributed by atoms with Crippen molar-refractivity contribution in [3.8, 4) is 11.5 Å². The number of hydrogen-bond acceptors (Lipinski definition) is 6. The van der Waals surface area contributed by atoms with E-state index in [-0.39, 0.29) is 34.8 Å². The summed E-state index contributed by atoms with van der Waals surface area (Å²) >= 11 is 0. The van der Waals surface area contributed by atoms with Gasteiger partial charge < -0.3 is 15.3 Å². The summed E-state index contributed by atoms with van der Waals surface area (Å²) in [6, 6.07) is 2.32. The Morgan fingerprint density at radius 1 is 1.10 bits per heavy atom. The van der Waals surface area contributed by atoms with Gasteiger partial charge >= 0.3 is 0 Å². The molecule has 0 amide bonds. The molecule has 0 spiro atoms. The molecule has 0 radical (unpaired) electrons. The molecule has 3 N–H and O–H groups in total. The van der Waals surface area contributed by atoms with Crippen molar-refractivity contribution >= 4 is 17.8 Å². The van der Waals surface area contributed by atoms with Crippen LogP contribution in [0.2, 0.25) is 0 Å². The van der Waals surface area contributed by atoms with Crippen LogP contribution in [0.25, 0.3) is 0 Å². The molecule has 1 aliphatic carbocycles. The maximum absolute atomic E-state index is 12.2. The van der Waals surface area contributed by atoms with Crippen molar-refractivity contribution in [3.05, 3.63) is 34.9 Å². The van der Waals surface area contributed by atoms with E-state index >= 15 is 0 Å². The summed E-state index contributed by atoms with van der Waals surface area (Å²) in [5.74, 6) is -1.83. The van der Waals surface area contributed by atoms with Crippen LogP contribution in [0.15, 0.2) is 28.8 Å². The van der Waals surface area contributed by atoms with Crippen LogP contribution in [0.1, 0.15) is 27.1 Å². The highest BCUT2D eigenvalue weighted by Crippen LogP contribution is 2.34. The average molecular weight is 275 g/mol. The summed E-state index contributed by atoms with van der Waals surface area (Å²) in [5.41, 5.74) is -0.357. The lowest BCUT2D eigenvalue weighted by molar-refractivity contribution is 0.0984. The highest BCUT2D eigenvalue weighted by atomic mass is 16.3. The minimum atomic E-state index is -0.569. The van der Waals surface area contributed by atoms with Crippen LogP contribution in [0, 0.1) is 0 Å². The molecule has 0 atom stereocenters. The van der Waals surface area contributed by atoms with Crippen molar-refractivity contribution in [1.82, 2.24) is 0 Å². The molecule has 1 aromatic carbocycles. The van der Waals surface area contributed by atoms with E-state index < -0.39 is 11.6 Å². The van der Waals surface area contributed by atoms with Gasteiger partial charge in [0.2, 0.25) is 0 Å². The number of phenolic OH excluding ortho intramolecular Hbond substituents is 2. The third-order valence-electron chi connectivity index (χ3n) is 2.86. The second kappa shape index (κ2) is 5.66. The molecule has 1 aromatic rings. The van der Waals surface area contributed by atoms with Crippen LogP contribution >= 0.6 is 0 Å². The van der Waals surface area contributed by atoms with Crippen LogP contribution in [0.3, 0.4) is 0 Å². The van der Waals surface area contributed by atoms with E-state index in [4.69, 9.17) is 5.11 Å². The minimum Gasteiger partial charge on any atom is -0.507 e. The first-order valence-corrected chi connectivity index (χ1v) is 6.02. The molecule has 0 saturated carbocycles. The first-order chi connectivity index (χ1) is 9.56. The number of aromatic hydroxyl groups is 2. The number of aliphatic imine (C=N–C) groups is 1. The lowest BCUT2D eigenvalue weighted by Gasteiger charge is -2.15. The van der Waals surface area contributed by atoms with Gasteiger partial charge in [0.15, 0.2) is 11.6 Å². The largest absolute Gasteiger partial charge is 0.507 e. The Labute approximate surface area is 114 Å². The summed E-state index contributed by atoms with van der Waals surface area (Å²) in [5, 5.41) is 28.0. The highest BCUT2D eigenvalue weighted by molar-refractivity contribution is 6.33. The number of nitrogens with zero attached hydrogens (tertiary/aromatic N) is 1. The van der Waals surface area contributed by atoms with Crippen LogP contribution in [-0.4, -0.2) is 46.3 Å². The Hall–Kier alpha value is -2.47. The van der Waals surface area contributed by atoms with Gasteiger partial charge in [-0.2, -0.15) is 0 Å². The second-order valence-corrected chi connectivity index (χ2v) is 4.26. The normalized spacial score (nSPS) is 14.6. The van der Waals surface area contributed by atoms with Gasteiger partial charge in [-0.25, -0.2) is 0 Å². The molecule has 1 aliphatic rings. The summed E-state index contributed by atoms with van der Waals surface area (Å²) in [7, 11) is 0. The number of carbonyl (C=O) groups excluding carboxylic acids is 2. The Kier molecular flexibility index (Phi) is 3.95. The van der Waals surface area contributed by atoms with Crippen molar-refractivity contribution in [2.45, 2.75) is 6.42 Å². The maximum atomic E-state index is 12.2. The number of carbonyl (C=O) groups is 2. The van der Waals surface area contributed by atoms with Gasteiger partial charge in [0.1, 0.15) is 11.5 Å². The molecule has 0 aromatic heterocycles. The zero-order chi connectivity index (χ0) is 14.7. The van der Waals surface area contributed by atoms with Crippen molar-refractivity contribution in [1.29, 1.82) is 0 Å². The van der Waals surface area contributed by atoms with Gasteiger partial charge in [-0.05, 0) is 24.6 Å². The quantitative estimate of drug-likeness (QED) is 0.429. The van der Waals surface area contributed by atoms with E-state index in [0.717, 1.165) is 18.2 Å². The third-order valence-corrected chi connectivity index (χ3v) is 2.86. The van der Waals surface area contributed by atoms with Crippen LogP contribution in [0.4, 0.5) is 0 Å². The van der Waals surface area contributed by atoms with Crippen molar-refractivity contribution in [2.24, 2.45) is 4.99 Å². The fraction of sp³-hybridized carbons (Fsp3) is 0.214. The average Bonchev–Trinajstić information content (AvgIpc) is 2.42. The van der Waals surface area contributed by atoms with Crippen molar-refractivity contribution < 1.29 is 24.9 Å². The Bertz CT molecular complexity index is 631. The van der Waals surface area contributed by atoms with Gasteiger partial charge in [-0.3, -0.25) is 14.6 Å². The number of hydrogen-bond donors (Lipinski definition) is 3. The molecule has 0 aliphatic heterocycles. The fourth-order valence-electron chi connectivity index (χ4n) is 1.90. The molecule has 0 bridgehead atoms. The number of Topliss-reactive ketones (excluding diaryl/α,β-unsaturated/α-hetero) is 1. The molecule has 0 fully saturated rings. The number of benzene rings is 1. The van der Waals surface area contributed by atoms with Crippen molar-refractivity contribution in [2.75, 3.05) is 13.2 Å². The van der Waals surface area contributed by atoms with E-state index in [1.165, 1.54) is 6.21 Å². The molecule has 2 rings (SSSR count). The van der Waals surface area contributed by atoms with Crippen molar-refractivity contribution in [3.63, 3.8) is 0 Å². The van der Waals surface area contributed by atoms with Gasteiger partial charge in [0.25, 0.3) is 0 Å². The molecule has 0 heterocycles. The molecule has 6 nitrogen and oxygen atoms in total. The molecular weight excluding hydrogens is 262 g/mol. The van der Waals surface area contributed by atoms with Crippen LogP contribution in [-0.2, 0) is 0 Å². The van der Waals surface area contributed by atoms with Crippen LogP contribution in [0.5, 0.6) is 11.5 Å². The number of ketones is 2. The zero-order valence-electron chi connectivity index (χ0n) is 10.5. The Morgan fingerprint density at radius 3 is 2.40 bits per heavy atom. The molecule has 20 heavy (non-hydrogen) atoms. The summed E-state index contributed by atoms with van der Waals surface area (Å²) in [4.78, 5) is 28.0. The number of fused-ring (bicyclic) bond motifs is 1. The number of aliphatic hydroxyl groups excluding tert-OH is 1. The van der Waals surface area contributed by atoms with E-state index in [2.05, 4.69) is 4.99 Å². The lowest BCUT2D eigenvalue weighted by atomic mass is 9.88. The smallest absolute Gasteiger partial charge is 0.199 e. The number of allylic oxidation sites excluding steroid dienone is 2. The van der Waals surface area contributed by atoms with Crippen LogP contribution < -0.4 is 0 Å². The third kappa shape index (κ3) is 2.46. The van der Waals surface area contributed by atoms with E-state index in [9.17, 15) is 19.8 Å². The second-order valence-electron chi connectivity index (χ2n) is 4.26. The van der Waals surface area contributed by atoms with E-state index in [0.29, 0.717) is 13.0 Å². The highest BCUT2D eigenvalue weighted by Gasteiger charge is 2.30. The minimum absolute atomic E-state index is 0.0131. The fourth-order valence-corrected chi connectivity index (χ4v) is 1.90. The number of rotatable bonds is 4. The molecule has 0 saturated heterocycles. The number of phenols is 2. The van der Waals surface area contributed by atoms with Gasteiger partial charge in [0, 0.05) is 24.9 Å². The first kappa shape index (κ1) is 14.0. The van der Waals surface area contributed by atoms with Gasteiger partial charge in [-0.1, -0.05) is 0 Å². The predicted octanol–water partition coefficient (Wildman–Crippen LogP) is 0.856. The lowest BCUT2D eigenvalue weighted by Crippen LogP contribution is -2.18. The van der Waals surface area contributed by atoms with E-state index in [1.54, 1.807) is 0 Å². The Morgan fingerprint density at radius 2 is 1.75 bits per heavy atom. The molecular formula is C14H13NO5. The molecule has 104 valence electrons. The predicted molar refractivity (Wildman–Crippen MR) is 71.6 cm³/mol. The number of aliphatic hydroxyl groups is 1. The first-order valence-electron chi connectivity index (χ1n) is 6.02. The standard InChI is InChI=1S/C14H13NO5/c16-5-1-4-15-7-8-6-11(19)12-9(17)2-3-10(18)13(12)14(8)20/h2-3,6-7,16-18H,1,4-5H2. The topological polar surface area (TPSA) is 107 Å². The summed E-state index contributed by atoms with van der Waals surface area (Å²) in [6.45, 7) is 0.314. The van der Waals surface area contributed by atoms with Gasteiger partial charge in [-0.15, -0.1) is 0 Å². The maximum Gasteiger partial charge on any atom is 0.199 e. The Balaban J connectivity index is 2.38. The molecule has 0 unspecified atom stereocenters. The van der Waals surface area contributed by atoms with E-state index in [1.807, 2.05) is 0 Å².